The SMILES string of the molecule is [2H]c1c([2H])c([2H])c(-c2ccc3c(c2)N(c2cc(-c4ccc(C(C)(C)C)cc4)cc4oc5ccccc5c24)c2cc(C(C)(C)C)cc4c2B3c2ccc(-c3c([2H])c([2H])c([2H])c([2H])c3[2H])cc2N4c2c(-c3ccccc3)ccc3c2c2ccccc2n3-c2ccccc2)c([2H])c1[2H]. The van der Waals surface area contributed by atoms with Crippen LogP contribution in [0.25, 0.3) is 93.9 Å². The summed E-state index contributed by atoms with van der Waals surface area (Å²) in [5.41, 5.74) is 18.0. The lowest BCUT2D eigenvalue weighted by Crippen LogP contribution is -2.61. The molecule has 406 valence electrons. The van der Waals surface area contributed by atoms with E-state index < -0.39 is 48.4 Å². The molecule has 0 spiro atoms. The highest BCUT2D eigenvalue weighted by atomic mass is 16.3. The van der Waals surface area contributed by atoms with Gasteiger partial charge in [-0.05, 0) is 144 Å². The standard InChI is InChI=1S/C80H62BN3O/c1-79(2,3)58-39-35-53(36-40-58)57-47-70(75-63-32-20-22-34-73(63)85-74(75)48-57)83-68-45-55(51-23-11-7-12-24-51)37-42-64(68)81-65-43-38-56(52-25-13-8-14-26-52)46-69(65)84(72-50-59(80(4,5)6)49-71(83)77(72)81)78-61(54-27-15-9-16-28-54)41-44-67-76(78)62-31-19-21-33-66(62)82(67)60-29-17-10-18-30-60/h7-50H,1-6H3/i7D,8D,11D,12D,13D,14D,23D,24D,25D,26D. The Hall–Kier alpha value is -10.1. The van der Waals surface area contributed by atoms with Crippen molar-refractivity contribution in [3.8, 4) is 50.2 Å². The molecule has 4 heterocycles. The molecule has 5 heteroatoms. The minimum atomic E-state index is -0.579. The Morgan fingerprint density at radius 1 is 0.376 bits per heavy atom. The molecule has 12 aromatic carbocycles. The van der Waals surface area contributed by atoms with Crippen molar-refractivity contribution in [3.63, 3.8) is 0 Å². The summed E-state index contributed by atoms with van der Waals surface area (Å²) in [6.07, 6.45) is 0. The van der Waals surface area contributed by atoms with Crippen LogP contribution >= 0.6 is 0 Å². The first-order valence-corrected chi connectivity index (χ1v) is 29.0. The van der Waals surface area contributed by atoms with Gasteiger partial charge in [-0.15, -0.1) is 0 Å². The van der Waals surface area contributed by atoms with E-state index in [-0.39, 0.29) is 40.7 Å². The fourth-order valence-corrected chi connectivity index (χ4v) is 13.3. The van der Waals surface area contributed by atoms with Crippen molar-refractivity contribution in [3.05, 3.63) is 278 Å². The molecular formula is C80H62BN3O. The molecule has 0 N–H and O–H groups in total. The Kier molecular flexibility index (Phi) is 9.28. The first-order valence-electron chi connectivity index (χ1n) is 34.0. The van der Waals surface area contributed by atoms with Crippen molar-refractivity contribution < 1.29 is 18.1 Å². The van der Waals surface area contributed by atoms with Gasteiger partial charge < -0.3 is 18.8 Å². The van der Waals surface area contributed by atoms with E-state index in [1.807, 2.05) is 60.7 Å². The Morgan fingerprint density at radius 2 is 0.929 bits per heavy atom. The van der Waals surface area contributed by atoms with Crippen LogP contribution < -0.4 is 26.2 Å². The molecule has 4 nitrogen and oxygen atoms in total. The third-order valence-corrected chi connectivity index (χ3v) is 17.4. The second-order valence-electron chi connectivity index (χ2n) is 24.5. The third-order valence-electron chi connectivity index (χ3n) is 17.4. The lowest BCUT2D eigenvalue weighted by atomic mass is 9.33. The van der Waals surface area contributed by atoms with Gasteiger partial charge in [0, 0.05) is 50.2 Å². The molecule has 14 aromatic rings. The van der Waals surface area contributed by atoms with E-state index in [9.17, 15) is 5.48 Å². The number of furan rings is 1. The summed E-state index contributed by atoms with van der Waals surface area (Å²) in [5.74, 6) is 0. The summed E-state index contributed by atoms with van der Waals surface area (Å²) >= 11 is 0. The summed E-state index contributed by atoms with van der Waals surface area (Å²) < 4.78 is 100. The van der Waals surface area contributed by atoms with E-state index in [2.05, 4.69) is 202 Å². The zero-order valence-corrected chi connectivity index (χ0v) is 48.0. The Labute approximate surface area is 511 Å². The van der Waals surface area contributed by atoms with Crippen LogP contribution in [-0.4, -0.2) is 11.3 Å². The monoisotopic (exact) mass is 1100 g/mol. The van der Waals surface area contributed by atoms with Crippen molar-refractivity contribution in [2.75, 3.05) is 9.80 Å². The van der Waals surface area contributed by atoms with Gasteiger partial charge in [0.2, 0.25) is 0 Å². The predicted molar refractivity (Wildman–Crippen MR) is 361 cm³/mol. The maximum Gasteiger partial charge on any atom is 0.252 e. The zero-order valence-electron chi connectivity index (χ0n) is 58.0. The average Bonchev–Trinajstić information content (AvgIpc) is 1.33. The molecule has 2 aliphatic rings. The first-order chi connectivity index (χ1) is 45.6. The van der Waals surface area contributed by atoms with Gasteiger partial charge in [0.15, 0.2) is 0 Å². The lowest BCUT2D eigenvalue weighted by molar-refractivity contribution is 0.590. The quantitative estimate of drug-likeness (QED) is 0.149. The van der Waals surface area contributed by atoms with Crippen molar-refractivity contribution in [2.45, 2.75) is 52.4 Å². The van der Waals surface area contributed by atoms with Gasteiger partial charge in [-0.1, -0.05) is 241 Å². The molecule has 0 aliphatic carbocycles. The number of hydrogen-bond donors (Lipinski definition) is 0. The van der Waals surface area contributed by atoms with E-state index >= 15 is 0 Å². The topological polar surface area (TPSA) is 24.6 Å². The zero-order chi connectivity index (χ0) is 66.0. The van der Waals surface area contributed by atoms with Crippen LogP contribution in [-0.2, 0) is 10.8 Å². The highest BCUT2D eigenvalue weighted by Crippen LogP contribution is 2.54. The number of rotatable bonds is 7. The van der Waals surface area contributed by atoms with Gasteiger partial charge in [0.05, 0.1) is 41.5 Å². The summed E-state index contributed by atoms with van der Waals surface area (Å²) in [5, 5.41) is 3.70. The maximum atomic E-state index is 9.48. The Balaban J connectivity index is 1.10. The van der Waals surface area contributed by atoms with Crippen LogP contribution in [0.2, 0.25) is 0 Å². The molecule has 0 fully saturated rings. The lowest BCUT2D eigenvalue weighted by Gasteiger charge is -2.46. The van der Waals surface area contributed by atoms with Crippen LogP contribution in [0.4, 0.5) is 34.1 Å². The summed E-state index contributed by atoms with van der Waals surface area (Å²) in [6, 6.07) is 67.2. The van der Waals surface area contributed by atoms with Gasteiger partial charge >= 0.3 is 0 Å². The third kappa shape index (κ3) is 8.12. The number of benzene rings is 12. The average molecular weight is 1100 g/mol. The number of nitrogens with zero attached hydrogens (tertiary/aromatic N) is 3. The van der Waals surface area contributed by atoms with Gasteiger partial charge in [-0.25, -0.2) is 0 Å². The van der Waals surface area contributed by atoms with Gasteiger partial charge in [0.1, 0.15) is 11.2 Å². The summed E-state index contributed by atoms with van der Waals surface area (Å²) in [6.45, 7) is 12.7. The minimum absolute atomic E-state index is 0.0648. The van der Waals surface area contributed by atoms with E-state index in [1.54, 1.807) is 0 Å². The van der Waals surface area contributed by atoms with Crippen molar-refractivity contribution >= 4 is 101 Å². The molecule has 0 unspecified atom stereocenters. The molecular weight excluding hydrogens is 1030 g/mol. The summed E-state index contributed by atoms with van der Waals surface area (Å²) in [7, 11) is 0. The van der Waals surface area contributed by atoms with Crippen molar-refractivity contribution in [1.82, 2.24) is 4.57 Å². The van der Waals surface area contributed by atoms with Crippen molar-refractivity contribution in [1.29, 1.82) is 0 Å². The largest absolute Gasteiger partial charge is 0.456 e. The molecule has 0 bridgehead atoms. The van der Waals surface area contributed by atoms with Crippen LogP contribution in [0.5, 0.6) is 0 Å². The van der Waals surface area contributed by atoms with E-state index in [1.165, 1.54) is 5.56 Å². The highest BCUT2D eigenvalue weighted by molar-refractivity contribution is 7.00. The Morgan fingerprint density at radius 3 is 1.58 bits per heavy atom. The number of aromatic nitrogens is 1. The molecule has 0 amide bonds. The molecule has 16 rings (SSSR count). The molecule has 0 saturated heterocycles. The number of anilines is 6. The maximum absolute atomic E-state index is 9.48. The Bertz CT molecular complexity index is 5540. The fraction of sp³-hybridized carbons (Fsp3) is 0.100. The predicted octanol–water partition coefficient (Wildman–Crippen LogP) is 20.0. The second kappa shape index (κ2) is 19.2. The molecule has 85 heavy (non-hydrogen) atoms. The van der Waals surface area contributed by atoms with Crippen LogP contribution in [0.3, 0.4) is 0 Å². The van der Waals surface area contributed by atoms with E-state index in [0.717, 1.165) is 105 Å². The number of para-hydroxylation sites is 3. The molecule has 2 aliphatic heterocycles. The smallest absolute Gasteiger partial charge is 0.252 e. The highest BCUT2D eigenvalue weighted by Gasteiger charge is 2.46. The van der Waals surface area contributed by atoms with Crippen LogP contribution in [0.1, 0.15) is 66.4 Å². The molecule has 0 atom stereocenters. The fourth-order valence-electron chi connectivity index (χ4n) is 13.3. The van der Waals surface area contributed by atoms with Gasteiger partial charge in [-0.3, -0.25) is 0 Å². The second-order valence-corrected chi connectivity index (χ2v) is 24.5. The van der Waals surface area contributed by atoms with Gasteiger partial charge in [-0.2, -0.15) is 0 Å². The minimum Gasteiger partial charge on any atom is -0.456 e. The number of hydrogen-bond acceptors (Lipinski definition) is 3. The number of fused-ring (bicyclic) bond motifs is 10. The molecule has 2 aromatic heterocycles. The van der Waals surface area contributed by atoms with Crippen molar-refractivity contribution in [2.24, 2.45) is 0 Å². The summed E-state index contributed by atoms with van der Waals surface area (Å²) in [4.78, 5) is 4.70. The molecule has 0 saturated carbocycles. The van der Waals surface area contributed by atoms with E-state index in [0.29, 0.717) is 33.7 Å². The van der Waals surface area contributed by atoms with Crippen LogP contribution in [0.15, 0.2) is 271 Å². The molecule has 0 radical (unpaired) electrons. The first kappa shape index (κ1) is 41.0. The van der Waals surface area contributed by atoms with Crippen LogP contribution in [0, 0.1) is 0 Å². The normalized spacial score (nSPS) is 14.6. The van der Waals surface area contributed by atoms with Gasteiger partial charge in [0.25, 0.3) is 6.71 Å². The van der Waals surface area contributed by atoms with E-state index in [4.69, 9.17) is 12.6 Å².